The van der Waals surface area contributed by atoms with Gasteiger partial charge in [-0.3, -0.25) is 5.43 Å². The molecule has 2 heterocycles. The molecule has 8 nitrogen and oxygen atoms in total. The van der Waals surface area contributed by atoms with Crippen LogP contribution < -0.4 is 21.1 Å². The number of anilines is 3. The van der Waals surface area contributed by atoms with Gasteiger partial charge >= 0.3 is 0 Å². The van der Waals surface area contributed by atoms with E-state index in [9.17, 15) is 0 Å². The molecule has 0 saturated carbocycles. The van der Waals surface area contributed by atoms with Gasteiger partial charge in [0.15, 0.2) is 0 Å². The van der Waals surface area contributed by atoms with Gasteiger partial charge in [0.1, 0.15) is 0 Å². The number of hydrazine groups is 1. The molecule has 0 radical (unpaired) electrons. The highest BCUT2D eigenvalue weighted by molar-refractivity contribution is 5.45. The number of nitrogens with one attached hydrogen (secondary N) is 1. The Morgan fingerprint density at radius 2 is 1.86 bits per heavy atom. The number of rotatable bonds is 5. The van der Waals surface area contributed by atoms with Crippen molar-refractivity contribution in [2.45, 2.75) is 26.8 Å². The van der Waals surface area contributed by atoms with Crippen molar-refractivity contribution in [1.82, 2.24) is 15.0 Å². The monoisotopic (exact) mass is 295 g/mol. The van der Waals surface area contributed by atoms with Crippen molar-refractivity contribution in [3.05, 3.63) is 0 Å². The smallest absolute Gasteiger partial charge is 0.243 e. The lowest BCUT2D eigenvalue weighted by Gasteiger charge is -2.30. The summed E-state index contributed by atoms with van der Waals surface area (Å²) in [7, 11) is 1.99. The molecule has 1 fully saturated rings. The zero-order chi connectivity index (χ0) is 15.4. The van der Waals surface area contributed by atoms with Crippen LogP contribution in [0.5, 0.6) is 0 Å². The zero-order valence-corrected chi connectivity index (χ0v) is 13.2. The normalized spacial score (nSPS) is 17.0. The quantitative estimate of drug-likeness (QED) is 0.598. The Balaban J connectivity index is 2.28. The third kappa shape index (κ3) is 3.70. The van der Waals surface area contributed by atoms with Crippen LogP contribution in [0.1, 0.15) is 20.8 Å². The van der Waals surface area contributed by atoms with E-state index < -0.39 is 0 Å². The van der Waals surface area contributed by atoms with Gasteiger partial charge in [0.2, 0.25) is 17.8 Å². The SMILES string of the molecule is CC(C)C(C)N(C)c1nc(NN)nc(N2CCOCC2)n1. The molecule has 1 aliphatic rings. The van der Waals surface area contributed by atoms with Crippen LogP contribution in [0.2, 0.25) is 0 Å². The third-order valence-corrected chi connectivity index (χ3v) is 3.93. The van der Waals surface area contributed by atoms with Crippen LogP contribution in [0, 0.1) is 5.92 Å². The molecule has 0 aliphatic carbocycles. The molecule has 2 rings (SSSR count). The number of morpholine rings is 1. The van der Waals surface area contributed by atoms with E-state index in [0.717, 1.165) is 13.1 Å². The molecule has 8 heteroatoms. The number of ether oxygens (including phenoxy) is 1. The molecular formula is C13H25N7O. The summed E-state index contributed by atoms with van der Waals surface area (Å²) >= 11 is 0. The fourth-order valence-electron chi connectivity index (χ4n) is 2.11. The van der Waals surface area contributed by atoms with E-state index in [1.54, 1.807) is 0 Å². The number of nitrogens with zero attached hydrogens (tertiary/aromatic N) is 5. The Bertz CT molecular complexity index is 462. The number of hydrogen-bond donors (Lipinski definition) is 2. The van der Waals surface area contributed by atoms with Crippen LogP contribution in [0.3, 0.4) is 0 Å². The van der Waals surface area contributed by atoms with Gasteiger partial charge in [-0.1, -0.05) is 13.8 Å². The molecule has 0 spiro atoms. The Morgan fingerprint density at radius 3 is 2.43 bits per heavy atom. The van der Waals surface area contributed by atoms with Crippen LogP contribution in [0.4, 0.5) is 17.8 Å². The van der Waals surface area contributed by atoms with Crippen LogP contribution >= 0.6 is 0 Å². The van der Waals surface area contributed by atoms with Gasteiger partial charge in [0.05, 0.1) is 13.2 Å². The zero-order valence-electron chi connectivity index (χ0n) is 13.2. The van der Waals surface area contributed by atoms with E-state index in [4.69, 9.17) is 10.6 Å². The third-order valence-electron chi connectivity index (χ3n) is 3.93. The van der Waals surface area contributed by atoms with Crippen LogP contribution in [-0.4, -0.2) is 54.3 Å². The Morgan fingerprint density at radius 1 is 1.19 bits per heavy atom. The van der Waals surface area contributed by atoms with Crippen LogP contribution in [-0.2, 0) is 4.74 Å². The van der Waals surface area contributed by atoms with Crippen molar-refractivity contribution in [2.75, 3.05) is 48.6 Å². The van der Waals surface area contributed by atoms with Gasteiger partial charge in [-0.05, 0) is 12.8 Å². The number of hydrogen-bond acceptors (Lipinski definition) is 8. The Hall–Kier alpha value is -1.67. The first-order valence-electron chi connectivity index (χ1n) is 7.31. The van der Waals surface area contributed by atoms with Crippen molar-refractivity contribution < 1.29 is 4.74 Å². The summed E-state index contributed by atoms with van der Waals surface area (Å²) in [6, 6.07) is 0.315. The average molecular weight is 295 g/mol. The van der Waals surface area contributed by atoms with E-state index >= 15 is 0 Å². The Kier molecular flexibility index (Phi) is 5.13. The molecule has 1 saturated heterocycles. The highest BCUT2D eigenvalue weighted by Crippen LogP contribution is 2.20. The molecule has 0 aromatic carbocycles. The summed E-state index contributed by atoms with van der Waals surface area (Å²) in [5.41, 5.74) is 2.52. The van der Waals surface area contributed by atoms with Crippen molar-refractivity contribution in [3.8, 4) is 0 Å². The summed E-state index contributed by atoms with van der Waals surface area (Å²) in [4.78, 5) is 17.4. The van der Waals surface area contributed by atoms with E-state index in [1.165, 1.54) is 0 Å². The van der Waals surface area contributed by atoms with E-state index in [1.807, 2.05) is 7.05 Å². The second kappa shape index (κ2) is 6.86. The molecule has 1 aromatic heterocycles. The molecule has 1 unspecified atom stereocenters. The van der Waals surface area contributed by atoms with Gasteiger partial charge in [-0.25, -0.2) is 5.84 Å². The van der Waals surface area contributed by atoms with Gasteiger partial charge in [-0.15, -0.1) is 0 Å². The maximum Gasteiger partial charge on any atom is 0.243 e. The lowest BCUT2D eigenvalue weighted by atomic mass is 10.1. The second-order valence-electron chi connectivity index (χ2n) is 5.60. The largest absolute Gasteiger partial charge is 0.378 e. The minimum atomic E-state index is 0.315. The number of nitrogens with two attached hydrogens (primary N) is 1. The standard InChI is InChI=1S/C13H25N7O/c1-9(2)10(3)19(4)12-15-11(18-14)16-13(17-12)20-5-7-21-8-6-20/h9-10H,5-8,14H2,1-4H3,(H,15,16,17,18). The molecule has 21 heavy (non-hydrogen) atoms. The first kappa shape index (κ1) is 15.7. The predicted molar refractivity (Wildman–Crippen MR) is 83.4 cm³/mol. The minimum Gasteiger partial charge on any atom is -0.378 e. The van der Waals surface area contributed by atoms with Crippen LogP contribution in [0.25, 0.3) is 0 Å². The highest BCUT2D eigenvalue weighted by atomic mass is 16.5. The molecular weight excluding hydrogens is 270 g/mol. The maximum absolute atomic E-state index is 5.49. The lowest BCUT2D eigenvalue weighted by Crippen LogP contribution is -2.39. The summed E-state index contributed by atoms with van der Waals surface area (Å²) in [5.74, 6) is 7.62. The first-order chi connectivity index (χ1) is 10.0. The van der Waals surface area contributed by atoms with Gasteiger partial charge in [0.25, 0.3) is 0 Å². The maximum atomic E-state index is 5.49. The predicted octanol–water partition coefficient (Wildman–Crippen LogP) is 0.475. The minimum absolute atomic E-state index is 0.315. The van der Waals surface area contributed by atoms with Gasteiger partial charge < -0.3 is 14.5 Å². The van der Waals surface area contributed by atoms with Gasteiger partial charge in [0, 0.05) is 26.2 Å². The second-order valence-corrected chi connectivity index (χ2v) is 5.60. The fraction of sp³-hybridized carbons (Fsp3) is 0.769. The van der Waals surface area contributed by atoms with Crippen molar-refractivity contribution in [2.24, 2.45) is 11.8 Å². The average Bonchev–Trinajstić information content (AvgIpc) is 2.53. The van der Waals surface area contributed by atoms with Crippen molar-refractivity contribution >= 4 is 17.8 Å². The van der Waals surface area contributed by atoms with Crippen LogP contribution in [0.15, 0.2) is 0 Å². The van der Waals surface area contributed by atoms with E-state index in [0.29, 0.717) is 43.0 Å². The molecule has 0 bridgehead atoms. The number of aromatic nitrogens is 3. The van der Waals surface area contributed by atoms with E-state index in [2.05, 4.69) is 50.9 Å². The molecule has 118 valence electrons. The molecule has 1 aromatic rings. The lowest BCUT2D eigenvalue weighted by molar-refractivity contribution is 0.122. The van der Waals surface area contributed by atoms with Crippen molar-refractivity contribution in [1.29, 1.82) is 0 Å². The summed E-state index contributed by atoms with van der Waals surface area (Å²) in [6.07, 6.45) is 0. The molecule has 1 atom stereocenters. The molecule has 3 N–H and O–H groups in total. The summed E-state index contributed by atoms with van der Waals surface area (Å²) < 4.78 is 5.36. The Labute approximate surface area is 125 Å². The first-order valence-corrected chi connectivity index (χ1v) is 7.31. The van der Waals surface area contributed by atoms with Gasteiger partial charge in [-0.2, -0.15) is 15.0 Å². The summed E-state index contributed by atoms with van der Waals surface area (Å²) in [5, 5.41) is 0. The number of nitrogen functional groups attached to an aromatic ring is 1. The summed E-state index contributed by atoms with van der Waals surface area (Å²) in [6.45, 7) is 9.42. The topological polar surface area (TPSA) is 92.4 Å². The fourth-order valence-corrected chi connectivity index (χ4v) is 2.11. The highest BCUT2D eigenvalue weighted by Gasteiger charge is 2.21. The van der Waals surface area contributed by atoms with Crippen molar-refractivity contribution in [3.63, 3.8) is 0 Å². The van der Waals surface area contributed by atoms with E-state index in [-0.39, 0.29) is 0 Å². The molecule has 0 amide bonds. The molecule has 1 aliphatic heterocycles.